The predicted molar refractivity (Wildman–Crippen MR) is 95.8 cm³/mol. The lowest BCUT2D eigenvalue weighted by atomic mass is 9.97. The van der Waals surface area contributed by atoms with Crippen LogP contribution in [0.15, 0.2) is 24.4 Å². The summed E-state index contributed by atoms with van der Waals surface area (Å²) in [6.07, 6.45) is 3.84. The Bertz CT molecular complexity index is 527. The van der Waals surface area contributed by atoms with Gasteiger partial charge in [0.1, 0.15) is 5.60 Å². The Morgan fingerprint density at radius 3 is 2.83 bits per heavy atom. The second-order valence-corrected chi connectivity index (χ2v) is 7.80. The fourth-order valence-corrected chi connectivity index (χ4v) is 3.12. The molecular formula is C19H31N3O2. The molecule has 1 aromatic heterocycles. The Morgan fingerprint density at radius 2 is 2.21 bits per heavy atom. The van der Waals surface area contributed by atoms with Crippen molar-refractivity contribution in [3.8, 4) is 0 Å². The Labute approximate surface area is 146 Å². The Kier molecular flexibility index (Phi) is 6.21. The first-order valence-electron chi connectivity index (χ1n) is 8.85. The number of rotatable bonds is 4. The lowest BCUT2D eigenvalue weighted by molar-refractivity contribution is 0.0142. The molecule has 5 heteroatoms. The van der Waals surface area contributed by atoms with Gasteiger partial charge in [-0.3, -0.25) is 9.88 Å². The van der Waals surface area contributed by atoms with Crippen LogP contribution < -0.4 is 0 Å². The van der Waals surface area contributed by atoms with Gasteiger partial charge >= 0.3 is 6.09 Å². The van der Waals surface area contributed by atoms with Crippen LogP contribution in [0.25, 0.3) is 0 Å². The van der Waals surface area contributed by atoms with Gasteiger partial charge in [-0.05, 0) is 65.6 Å². The Morgan fingerprint density at radius 1 is 1.46 bits per heavy atom. The van der Waals surface area contributed by atoms with Gasteiger partial charge in [-0.2, -0.15) is 0 Å². The molecule has 0 bridgehead atoms. The second-order valence-electron chi connectivity index (χ2n) is 7.80. The van der Waals surface area contributed by atoms with Crippen LogP contribution in [-0.4, -0.2) is 53.2 Å². The molecule has 0 N–H and O–H groups in total. The van der Waals surface area contributed by atoms with Gasteiger partial charge in [-0.25, -0.2) is 4.79 Å². The van der Waals surface area contributed by atoms with E-state index in [1.54, 1.807) is 0 Å². The summed E-state index contributed by atoms with van der Waals surface area (Å²) in [6.45, 7) is 10.4. The SMILES string of the molecule is C[C@@H](c1ccccn1)N(C)C[C@H]1CCCN(C(=O)OC(C)(C)C)C1. The second kappa shape index (κ2) is 7.97. The minimum atomic E-state index is -0.436. The molecule has 0 saturated carbocycles. The fourth-order valence-electron chi connectivity index (χ4n) is 3.12. The maximum absolute atomic E-state index is 12.3. The highest BCUT2D eigenvalue weighted by atomic mass is 16.6. The summed E-state index contributed by atoms with van der Waals surface area (Å²) >= 11 is 0. The molecule has 0 aromatic carbocycles. The lowest BCUT2D eigenvalue weighted by Gasteiger charge is -2.36. The van der Waals surface area contributed by atoms with Crippen LogP contribution >= 0.6 is 0 Å². The van der Waals surface area contributed by atoms with Crippen molar-refractivity contribution in [3.63, 3.8) is 0 Å². The van der Waals surface area contributed by atoms with Crippen molar-refractivity contribution in [2.24, 2.45) is 5.92 Å². The number of carbonyl (C=O) groups excluding carboxylic acids is 1. The van der Waals surface area contributed by atoms with Gasteiger partial charge in [0.2, 0.25) is 0 Å². The van der Waals surface area contributed by atoms with Crippen molar-refractivity contribution in [1.29, 1.82) is 0 Å². The number of ether oxygens (including phenoxy) is 1. The van der Waals surface area contributed by atoms with Crippen molar-refractivity contribution in [2.75, 3.05) is 26.7 Å². The smallest absolute Gasteiger partial charge is 0.410 e. The van der Waals surface area contributed by atoms with E-state index in [1.807, 2.05) is 44.0 Å². The molecule has 24 heavy (non-hydrogen) atoms. The number of likely N-dealkylation sites (tertiary alicyclic amines) is 1. The quantitative estimate of drug-likeness (QED) is 0.842. The van der Waals surface area contributed by atoms with Crippen LogP contribution in [0.3, 0.4) is 0 Å². The highest BCUT2D eigenvalue weighted by molar-refractivity contribution is 5.68. The third-order valence-electron chi connectivity index (χ3n) is 4.49. The molecular weight excluding hydrogens is 302 g/mol. The molecule has 2 atom stereocenters. The van der Waals surface area contributed by atoms with Gasteiger partial charge in [0.25, 0.3) is 0 Å². The number of pyridine rings is 1. The number of hydrogen-bond donors (Lipinski definition) is 0. The summed E-state index contributed by atoms with van der Waals surface area (Å²) < 4.78 is 5.51. The van der Waals surface area contributed by atoms with Crippen molar-refractivity contribution in [1.82, 2.24) is 14.8 Å². The largest absolute Gasteiger partial charge is 0.444 e. The van der Waals surface area contributed by atoms with Crippen molar-refractivity contribution in [2.45, 2.75) is 52.2 Å². The van der Waals surface area contributed by atoms with Crippen LogP contribution in [-0.2, 0) is 4.74 Å². The number of hydrogen-bond acceptors (Lipinski definition) is 4. The molecule has 1 amide bonds. The number of amides is 1. The summed E-state index contributed by atoms with van der Waals surface area (Å²) in [4.78, 5) is 20.9. The van der Waals surface area contributed by atoms with E-state index >= 15 is 0 Å². The van der Waals surface area contributed by atoms with Gasteiger partial charge in [0.05, 0.1) is 5.69 Å². The minimum absolute atomic E-state index is 0.187. The van der Waals surface area contributed by atoms with Crippen LogP contribution in [0.4, 0.5) is 4.79 Å². The highest BCUT2D eigenvalue weighted by Gasteiger charge is 2.28. The van der Waals surface area contributed by atoms with E-state index in [4.69, 9.17) is 4.74 Å². The molecule has 1 saturated heterocycles. The average molecular weight is 333 g/mol. The van der Waals surface area contributed by atoms with Gasteiger partial charge in [-0.15, -0.1) is 0 Å². The number of aromatic nitrogens is 1. The van der Waals surface area contributed by atoms with E-state index in [2.05, 4.69) is 29.9 Å². The average Bonchev–Trinajstić information content (AvgIpc) is 2.53. The molecule has 1 aliphatic heterocycles. The van der Waals surface area contributed by atoms with Gasteiger partial charge in [0, 0.05) is 31.9 Å². The third-order valence-corrected chi connectivity index (χ3v) is 4.49. The van der Waals surface area contributed by atoms with Crippen LogP contribution in [0.5, 0.6) is 0 Å². The third kappa shape index (κ3) is 5.48. The molecule has 0 radical (unpaired) electrons. The van der Waals surface area contributed by atoms with Crippen LogP contribution in [0.1, 0.15) is 52.3 Å². The zero-order valence-electron chi connectivity index (χ0n) is 15.7. The van der Waals surface area contributed by atoms with E-state index in [0.29, 0.717) is 5.92 Å². The molecule has 5 nitrogen and oxygen atoms in total. The topological polar surface area (TPSA) is 45.7 Å². The highest BCUT2D eigenvalue weighted by Crippen LogP contribution is 2.23. The van der Waals surface area contributed by atoms with Crippen LogP contribution in [0.2, 0.25) is 0 Å². The summed E-state index contributed by atoms with van der Waals surface area (Å²) in [5, 5.41) is 0. The van der Waals surface area contributed by atoms with E-state index < -0.39 is 5.60 Å². The first-order valence-corrected chi connectivity index (χ1v) is 8.85. The molecule has 0 aliphatic carbocycles. The first-order chi connectivity index (χ1) is 11.3. The number of nitrogens with zero attached hydrogens (tertiary/aromatic N) is 3. The Balaban J connectivity index is 1.89. The zero-order valence-corrected chi connectivity index (χ0v) is 15.7. The van der Waals surface area contributed by atoms with E-state index in [-0.39, 0.29) is 12.1 Å². The maximum atomic E-state index is 12.3. The lowest BCUT2D eigenvalue weighted by Crippen LogP contribution is -2.45. The van der Waals surface area contributed by atoms with Crippen molar-refractivity contribution in [3.05, 3.63) is 30.1 Å². The Hall–Kier alpha value is -1.62. The molecule has 0 unspecified atom stereocenters. The predicted octanol–water partition coefficient (Wildman–Crippen LogP) is 3.72. The summed E-state index contributed by atoms with van der Waals surface area (Å²) in [7, 11) is 2.13. The molecule has 1 aliphatic rings. The van der Waals surface area contributed by atoms with Crippen molar-refractivity contribution < 1.29 is 9.53 Å². The van der Waals surface area contributed by atoms with E-state index in [9.17, 15) is 4.79 Å². The molecule has 2 rings (SSSR count). The maximum Gasteiger partial charge on any atom is 0.410 e. The molecule has 134 valence electrons. The van der Waals surface area contributed by atoms with Crippen LogP contribution in [0, 0.1) is 5.92 Å². The van der Waals surface area contributed by atoms with Gasteiger partial charge < -0.3 is 9.64 Å². The van der Waals surface area contributed by atoms with E-state index in [0.717, 1.165) is 38.2 Å². The number of piperidine rings is 1. The minimum Gasteiger partial charge on any atom is -0.444 e. The summed E-state index contributed by atoms with van der Waals surface area (Å²) in [5.74, 6) is 0.474. The molecule has 1 fully saturated rings. The zero-order chi connectivity index (χ0) is 17.7. The molecule has 0 spiro atoms. The van der Waals surface area contributed by atoms with Gasteiger partial charge in [0.15, 0.2) is 0 Å². The summed E-state index contributed by atoms with van der Waals surface area (Å²) in [6, 6.07) is 6.30. The monoisotopic (exact) mass is 333 g/mol. The van der Waals surface area contributed by atoms with Crippen molar-refractivity contribution >= 4 is 6.09 Å². The number of carbonyl (C=O) groups is 1. The van der Waals surface area contributed by atoms with E-state index in [1.165, 1.54) is 0 Å². The first kappa shape index (κ1) is 18.7. The summed E-state index contributed by atoms with van der Waals surface area (Å²) in [5.41, 5.74) is 0.647. The molecule has 2 heterocycles. The normalized spacial score (nSPS) is 20.1. The fraction of sp³-hybridized carbons (Fsp3) is 0.684. The molecule has 1 aromatic rings. The standard InChI is InChI=1S/C19H31N3O2/c1-15(17-10-6-7-11-20-17)21(5)13-16-9-8-12-22(14-16)18(23)24-19(2,3)4/h6-7,10-11,15-16H,8-9,12-14H2,1-5H3/t15-,16+/m0/s1. The van der Waals surface area contributed by atoms with Gasteiger partial charge in [-0.1, -0.05) is 6.07 Å².